The summed E-state index contributed by atoms with van der Waals surface area (Å²) in [5.41, 5.74) is 0.632. The molecule has 1 aromatic heterocycles. The smallest absolute Gasteiger partial charge is 0.359 e. The second-order valence-corrected chi connectivity index (χ2v) is 8.94. The summed E-state index contributed by atoms with van der Waals surface area (Å²) in [6.45, 7) is 2.38. The SMILES string of the molecule is COC(=O)c1ncn2c1C(=O)N(Cc1cccc(Br)c1)C(C)(C(=O)NCc1ccccc1)C2. The summed E-state index contributed by atoms with van der Waals surface area (Å²) < 4.78 is 7.21. The lowest BCUT2D eigenvalue weighted by atomic mass is 9.93. The van der Waals surface area contributed by atoms with E-state index >= 15 is 0 Å². The van der Waals surface area contributed by atoms with E-state index in [1.54, 1.807) is 11.5 Å². The minimum atomic E-state index is -1.21. The topological polar surface area (TPSA) is 93.5 Å². The van der Waals surface area contributed by atoms with Crippen LogP contribution in [0, 0.1) is 0 Å². The molecule has 170 valence electrons. The van der Waals surface area contributed by atoms with Crippen LogP contribution in [0.2, 0.25) is 0 Å². The molecule has 0 spiro atoms. The van der Waals surface area contributed by atoms with Gasteiger partial charge in [-0.1, -0.05) is 58.4 Å². The predicted octanol–water partition coefficient (Wildman–Crippen LogP) is 3.16. The van der Waals surface area contributed by atoms with Crippen LogP contribution in [0.1, 0.15) is 39.0 Å². The first-order valence-electron chi connectivity index (χ1n) is 10.4. The van der Waals surface area contributed by atoms with Crippen LogP contribution < -0.4 is 5.32 Å². The van der Waals surface area contributed by atoms with Crippen LogP contribution >= 0.6 is 15.9 Å². The Labute approximate surface area is 199 Å². The highest BCUT2D eigenvalue weighted by molar-refractivity contribution is 9.10. The van der Waals surface area contributed by atoms with Crippen molar-refractivity contribution in [2.45, 2.75) is 32.1 Å². The number of hydrogen-bond donors (Lipinski definition) is 1. The van der Waals surface area contributed by atoms with Gasteiger partial charge in [-0.2, -0.15) is 0 Å². The van der Waals surface area contributed by atoms with Crippen molar-refractivity contribution in [3.8, 4) is 0 Å². The van der Waals surface area contributed by atoms with Crippen molar-refractivity contribution in [1.29, 1.82) is 0 Å². The fourth-order valence-electron chi connectivity index (χ4n) is 3.97. The molecule has 0 bridgehead atoms. The second kappa shape index (κ2) is 9.19. The largest absolute Gasteiger partial charge is 0.464 e. The highest BCUT2D eigenvalue weighted by Crippen LogP contribution is 2.31. The number of fused-ring (bicyclic) bond motifs is 1. The highest BCUT2D eigenvalue weighted by Gasteiger charge is 2.48. The normalized spacial score (nSPS) is 17.4. The summed E-state index contributed by atoms with van der Waals surface area (Å²) in [5.74, 6) is -1.46. The van der Waals surface area contributed by atoms with Crippen LogP contribution in [0.4, 0.5) is 0 Å². The molecular formula is C24H23BrN4O4. The Kier molecular flexibility index (Phi) is 6.33. The van der Waals surface area contributed by atoms with E-state index in [4.69, 9.17) is 4.74 Å². The zero-order valence-electron chi connectivity index (χ0n) is 18.2. The number of carbonyl (C=O) groups excluding carboxylic acids is 3. The monoisotopic (exact) mass is 510 g/mol. The Bertz CT molecular complexity index is 1210. The van der Waals surface area contributed by atoms with E-state index < -0.39 is 17.4 Å². The lowest BCUT2D eigenvalue weighted by molar-refractivity contribution is -0.133. The van der Waals surface area contributed by atoms with Crippen molar-refractivity contribution >= 4 is 33.7 Å². The molecule has 1 aliphatic heterocycles. The third kappa shape index (κ3) is 4.41. The zero-order chi connectivity index (χ0) is 23.6. The molecule has 1 unspecified atom stereocenters. The van der Waals surface area contributed by atoms with Crippen LogP contribution in [0.25, 0.3) is 0 Å². The second-order valence-electron chi connectivity index (χ2n) is 8.02. The number of nitrogens with one attached hydrogen (secondary N) is 1. The van der Waals surface area contributed by atoms with Crippen molar-refractivity contribution in [3.63, 3.8) is 0 Å². The molecule has 8 nitrogen and oxygen atoms in total. The number of benzene rings is 2. The van der Waals surface area contributed by atoms with E-state index in [1.807, 2.05) is 54.6 Å². The van der Waals surface area contributed by atoms with E-state index in [-0.39, 0.29) is 30.4 Å². The van der Waals surface area contributed by atoms with Gasteiger partial charge in [0.25, 0.3) is 5.91 Å². The van der Waals surface area contributed by atoms with E-state index in [1.165, 1.54) is 18.3 Å². The van der Waals surface area contributed by atoms with Crippen molar-refractivity contribution in [2.24, 2.45) is 0 Å². The van der Waals surface area contributed by atoms with Crippen LogP contribution in [0.15, 0.2) is 65.4 Å². The van der Waals surface area contributed by atoms with E-state index in [9.17, 15) is 14.4 Å². The summed E-state index contributed by atoms with van der Waals surface area (Å²) in [6.07, 6.45) is 1.40. The number of methoxy groups -OCH3 is 1. The van der Waals surface area contributed by atoms with Gasteiger partial charge in [0, 0.05) is 17.6 Å². The maximum Gasteiger partial charge on any atom is 0.359 e. The standard InChI is InChI=1S/C24H23BrN4O4/c1-24(23(32)26-12-16-7-4-3-5-8-16)14-28-15-27-19(22(31)33-2)20(28)21(30)29(24)13-17-9-6-10-18(25)11-17/h3-11,15H,12-14H2,1-2H3,(H,26,32). The summed E-state index contributed by atoms with van der Waals surface area (Å²) in [4.78, 5) is 44.9. The van der Waals surface area contributed by atoms with Gasteiger partial charge < -0.3 is 19.5 Å². The first-order valence-corrected chi connectivity index (χ1v) is 11.1. The summed E-state index contributed by atoms with van der Waals surface area (Å²) in [5, 5.41) is 2.96. The lowest BCUT2D eigenvalue weighted by Crippen LogP contribution is -2.63. The van der Waals surface area contributed by atoms with Gasteiger partial charge in [-0.05, 0) is 30.2 Å². The Morgan fingerprint density at radius 1 is 1.15 bits per heavy atom. The molecule has 1 N–H and O–H groups in total. The molecule has 2 amide bonds. The number of hydrogen-bond acceptors (Lipinski definition) is 5. The molecular weight excluding hydrogens is 488 g/mol. The van der Waals surface area contributed by atoms with Crippen LogP contribution in [-0.2, 0) is 29.2 Å². The van der Waals surface area contributed by atoms with Crippen molar-refractivity contribution in [3.05, 3.63) is 87.9 Å². The van der Waals surface area contributed by atoms with Gasteiger partial charge in [-0.3, -0.25) is 9.59 Å². The van der Waals surface area contributed by atoms with Gasteiger partial charge in [0.05, 0.1) is 20.0 Å². The Balaban J connectivity index is 1.70. The first kappa shape index (κ1) is 22.7. The van der Waals surface area contributed by atoms with Gasteiger partial charge >= 0.3 is 5.97 Å². The first-order chi connectivity index (χ1) is 15.8. The van der Waals surface area contributed by atoms with Crippen LogP contribution in [-0.4, -0.2) is 44.9 Å². The van der Waals surface area contributed by atoms with Crippen LogP contribution in [0.5, 0.6) is 0 Å². The number of rotatable bonds is 6. The number of carbonyl (C=O) groups is 3. The molecule has 0 saturated carbocycles. The minimum Gasteiger partial charge on any atom is -0.464 e. The highest BCUT2D eigenvalue weighted by atomic mass is 79.9. The molecule has 9 heteroatoms. The molecule has 0 fully saturated rings. The number of nitrogens with zero attached hydrogens (tertiary/aromatic N) is 3. The van der Waals surface area contributed by atoms with Gasteiger partial charge in [0.15, 0.2) is 5.69 Å². The van der Waals surface area contributed by atoms with Crippen molar-refractivity contribution in [1.82, 2.24) is 19.8 Å². The number of amides is 2. The molecule has 4 rings (SSSR count). The summed E-state index contributed by atoms with van der Waals surface area (Å²) >= 11 is 3.45. The molecule has 1 atom stereocenters. The summed E-state index contributed by atoms with van der Waals surface area (Å²) in [6, 6.07) is 17.1. The molecule has 2 aromatic carbocycles. The average Bonchev–Trinajstić information content (AvgIpc) is 3.24. The van der Waals surface area contributed by atoms with Gasteiger partial charge in [-0.15, -0.1) is 0 Å². The van der Waals surface area contributed by atoms with Crippen LogP contribution in [0.3, 0.4) is 0 Å². The number of imidazole rings is 1. The maximum absolute atomic E-state index is 13.7. The van der Waals surface area contributed by atoms with Gasteiger partial charge in [0.1, 0.15) is 11.2 Å². The quantitative estimate of drug-likeness (QED) is 0.514. The fraction of sp³-hybridized carbons (Fsp3) is 0.250. The number of halogens is 1. The van der Waals surface area contributed by atoms with E-state index in [2.05, 4.69) is 26.2 Å². The average molecular weight is 511 g/mol. The minimum absolute atomic E-state index is 0.0616. The zero-order valence-corrected chi connectivity index (χ0v) is 19.8. The molecule has 33 heavy (non-hydrogen) atoms. The molecule has 3 aromatic rings. The van der Waals surface area contributed by atoms with Gasteiger partial charge in [-0.25, -0.2) is 9.78 Å². The molecule has 0 saturated heterocycles. The molecule has 2 heterocycles. The van der Waals surface area contributed by atoms with E-state index in [0.717, 1.165) is 15.6 Å². The molecule has 0 radical (unpaired) electrons. The molecule has 1 aliphatic rings. The number of esters is 1. The van der Waals surface area contributed by atoms with E-state index in [0.29, 0.717) is 6.54 Å². The third-order valence-electron chi connectivity index (χ3n) is 5.75. The Hall–Kier alpha value is -3.46. The number of ether oxygens (including phenoxy) is 1. The fourth-order valence-corrected chi connectivity index (χ4v) is 4.42. The molecule has 0 aliphatic carbocycles. The Morgan fingerprint density at radius 2 is 1.88 bits per heavy atom. The maximum atomic E-state index is 13.7. The van der Waals surface area contributed by atoms with Crippen molar-refractivity contribution in [2.75, 3.05) is 7.11 Å². The Morgan fingerprint density at radius 3 is 2.58 bits per heavy atom. The number of aromatic nitrogens is 2. The lowest BCUT2D eigenvalue weighted by Gasteiger charge is -2.43. The summed E-state index contributed by atoms with van der Waals surface area (Å²) in [7, 11) is 1.24. The predicted molar refractivity (Wildman–Crippen MR) is 124 cm³/mol. The van der Waals surface area contributed by atoms with Crippen molar-refractivity contribution < 1.29 is 19.1 Å². The van der Waals surface area contributed by atoms with Gasteiger partial charge in [0.2, 0.25) is 5.91 Å². The third-order valence-corrected chi connectivity index (χ3v) is 6.25.